The van der Waals surface area contributed by atoms with Crippen molar-refractivity contribution in [2.75, 3.05) is 7.05 Å². The number of hydrogen-bond donors (Lipinski definition) is 0. The SMILES string of the molecule is CN1N=C(c2ccccc2)CCCC1=O. The molecule has 3 nitrogen and oxygen atoms in total. The molecule has 0 spiro atoms. The van der Waals surface area contributed by atoms with Gasteiger partial charge in [0.15, 0.2) is 0 Å². The highest BCUT2D eigenvalue weighted by Crippen LogP contribution is 2.13. The molecule has 2 rings (SSSR count). The van der Waals surface area contributed by atoms with E-state index in [1.54, 1.807) is 7.05 Å². The molecule has 3 heteroatoms. The van der Waals surface area contributed by atoms with E-state index in [4.69, 9.17) is 0 Å². The Labute approximate surface area is 89.4 Å². The van der Waals surface area contributed by atoms with Crippen LogP contribution in [0.25, 0.3) is 0 Å². The second kappa shape index (κ2) is 4.26. The summed E-state index contributed by atoms with van der Waals surface area (Å²) in [6.45, 7) is 0. The Morgan fingerprint density at radius 1 is 1.20 bits per heavy atom. The fourth-order valence-corrected chi connectivity index (χ4v) is 1.69. The fourth-order valence-electron chi connectivity index (χ4n) is 1.69. The van der Waals surface area contributed by atoms with Gasteiger partial charge in [0.05, 0.1) is 5.71 Å². The van der Waals surface area contributed by atoms with Gasteiger partial charge in [-0.2, -0.15) is 5.10 Å². The first-order valence-corrected chi connectivity index (χ1v) is 5.17. The van der Waals surface area contributed by atoms with Crippen LogP contribution in [0.2, 0.25) is 0 Å². The average molecular weight is 202 g/mol. The third-order valence-electron chi connectivity index (χ3n) is 2.54. The molecule has 1 aliphatic rings. The normalized spacial score (nSPS) is 17.3. The highest BCUT2D eigenvalue weighted by atomic mass is 16.2. The van der Waals surface area contributed by atoms with Crippen LogP contribution in [0.3, 0.4) is 0 Å². The minimum atomic E-state index is 0.0981. The maximum atomic E-state index is 11.4. The number of hydrazone groups is 1. The molecule has 0 bridgehead atoms. The first kappa shape index (κ1) is 9.90. The highest BCUT2D eigenvalue weighted by molar-refractivity contribution is 6.01. The molecular weight excluding hydrogens is 188 g/mol. The third kappa shape index (κ3) is 2.24. The summed E-state index contributed by atoms with van der Waals surface area (Å²) in [5, 5.41) is 5.78. The molecule has 0 atom stereocenters. The standard InChI is InChI=1S/C12H14N2O/c1-14-12(15)9-5-8-11(13-14)10-6-3-2-4-7-10/h2-4,6-7H,5,8-9H2,1H3. The molecule has 15 heavy (non-hydrogen) atoms. The van der Waals surface area contributed by atoms with Crippen molar-refractivity contribution < 1.29 is 4.79 Å². The summed E-state index contributed by atoms with van der Waals surface area (Å²) < 4.78 is 0. The van der Waals surface area contributed by atoms with Crippen LogP contribution in [0.15, 0.2) is 35.4 Å². The molecule has 0 saturated heterocycles. The largest absolute Gasteiger partial charge is 0.273 e. The van der Waals surface area contributed by atoms with Crippen molar-refractivity contribution in [2.45, 2.75) is 19.3 Å². The zero-order valence-electron chi connectivity index (χ0n) is 8.81. The molecule has 0 fully saturated rings. The zero-order valence-corrected chi connectivity index (χ0v) is 8.81. The molecule has 0 N–H and O–H groups in total. The van der Waals surface area contributed by atoms with E-state index < -0.39 is 0 Å². The summed E-state index contributed by atoms with van der Waals surface area (Å²) in [6, 6.07) is 10.0. The van der Waals surface area contributed by atoms with Gasteiger partial charge in [-0.15, -0.1) is 0 Å². The molecule has 1 heterocycles. The second-order valence-electron chi connectivity index (χ2n) is 3.68. The maximum Gasteiger partial charge on any atom is 0.242 e. The van der Waals surface area contributed by atoms with E-state index in [1.165, 1.54) is 5.01 Å². The van der Waals surface area contributed by atoms with Crippen LogP contribution >= 0.6 is 0 Å². The summed E-state index contributed by atoms with van der Waals surface area (Å²) in [6.07, 6.45) is 2.35. The van der Waals surface area contributed by atoms with Crippen molar-refractivity contribution in [1.82, 2.24) is 5.01 Å². The van der Waals surface area contributed by atoms with Crippen molar-refractivity contribution in [1.29, 1.82) is 0 Å². The minimum Gasteiger partial charge on any atom is -0.273 e. The monoisotopic (exact) mass is 202 g/mol. The molecule has 0 aliphatic carbocycles. The summed E-state index contributed by atoms with van der Waals surface area (Å²) in [7, 11) is 1.72. The molecule has 1 aromatic carbocycles. The predicted octanol–water partition coefficient (Wildman–Crippen LogP) is 2.03. The number of nitrogens with zero attached hydrogens (tertiary/aromatic N) is 2. The van der Waals surface area contributed by atoms with Crippen molar-refractivity contribution in [3.05, 3.63) is 35.9 Å². The summed E-state index contributed by atoms with van der Waals surface area (Å²) >= 11 is 0. The lowest BCUT2D eigenvalue weighted by Crippen LogP contribution is -2.20. The molecule has 1 aliphatic heterocycles. The van der Waals surface area contributed by atoms with Gasteiger partial charge in [0.2, 0.25) is 5.91 Å². The van der Waals surface area contributed by atoms with Gasteiger partial charge in [-0.3, -0.25) is 4.79 Å². The number of carbonyl (C=O) groups excluding carboxylic acids is 1. The Hall–Kier alpha value is -1.64. The topological polar surface area (TPSA) is 32.7 Å². The minimum absolute atomic E-state index is 0.0981. The van der Waals surface area contributed by atoms with E-state index >= 15 is 0 Å². The van der Waals surface area contributed by atoms with E-state index in [0.717, 1.165) is 24.1 Å². The molecule has 0 saturated carbocycles. The van der Waals surface area contributed by atoms with Gasteiger partial charge in [-0.25, -0.2) is 5.01 Å². The fraction of sp³-hybridized carbons (Fsp3) is 0.333. The highest BCUT2D eigenvalue weighted by Gasteiger charge is 2.15. The quantitative estimate of drug-likeness (QED) is 0.685. The predicted molar refractivity (Wildman–Crippen MR) is 59.6 cm³/mol. The lowest BCUT2D eigenvalue weighted by molar-refractivity contribution is -0.129. The summed E-state index contributed by atoms with van der Waals surface area (Å²) in [4.78, 5) is 11.4. The maximum absolute atomic E-state index is 11.4. The van der Waals surface area contributed by atoms with Gasteiger partial charge in [0.25, 0.3) is 0 Å². The first-order valence-electron chi connectivity index (χ1n) is 5.17. The Morgan fingerprint density at radius 3 is 2.67 bits per heavy atom. The molecule has 78 valence electrons. The summed E-state index contributed by atoms with van der Waals surface area (Å²) in [5.74, 6) is 0.0981. The summed E-state index contributed by atoms with van der Waals surface area (Å²) in [5.41, 5.74) is 2.11. The smallest absolute Gasteiger partial charge is 0.242 e. The van der Waals surface area contributed by atoms with Crippen LogP contribution in [-0.4, -0.2) is 23.7 Å². The van der Waals surface area contributed by atoms with Crippen molar-refractivity contribution >= 4 is 11.6 Å². The molecule has 0 aromatic heterocycles. The van der Waals surface area contributed by atoms with E-state index in [2.05, 4.69) is 5.10 Å². The van der Waals surface area contributed by atoms with Crippen LogP contribution in [0.1, 0.15) is 24.8 Å². The van der Waals surface area contributed by atoms with Crippen LogP contribution in [0, 0.1) is 0 Å². The van der Waals surface area contributed by atoms with Crippen LogP contribution in [0.4, 0.5) is 0 Å². The van der Waals surface area contributed by atoms with Gasteiger partial charge in [0, 0.05) is 13.5 Å². The number of hydrogen-bond acceptors (Lipinski definition) is 2. The van der Waals surface area contributed by atoms with Gasteiger partial charge in [-0.1, -0.05) is 30.3 Å². The van der Waals surface area contributed by atoms with Crippen molar-refractivity contribution in [2.24, 2.45) is 5.10 Å². The number of rotatable bonds is 1. The number of amides is 1. The Morgan fingerprint density at radius 2 is 1.93 bits per heavy atom. The lowest BCUT2D eigenvalue weighted by Gasteiger charge is -2.09. The molecule has 1 amide bonds. The van der Waals surface area contributed by atoms with Gasteiger partial charge < -0.3 is 0 Å². The molecular formula is C12H14N2O. The van der Waals surface area contributed by atoms with Gasteiger partial charge in [0.1, 0.15) is 0 Å². The molecule has 0 unspecified atom stereocenters. The van der Waals surface area contributed by atoms with Gasteiger partial charge in [-0.05, 0) is 18.4 Å². The molecule has 1 aromatic rings. The zero-order chi connectivity index (χ0) is 10.7. The lowest BCUT2D eigenvalue weighted by atomic mass is 10.1. The van der Waals surface area contributed by atoms with E-state index in [9.17, 15) is 4.79 Å². The number of carbonyl (C=O) groups is 1. The second-order valence-corrected chi connectivity index (χ2v) is 3.68. The van der Waals surface area contributed by atoms with Crippen molar-refractivity contribution in [3.63, 3.8) is 0 Å². The Balaban J connectivity index is 2.29. The van der Waals surface area contributed by atoms with E-state index in [0.29, 0.717) is 6.42 Å². The van der Waals surface area contributed by atoms with Crippen LogP contribution in [0.5, 0.6) is 0 Å². The third-order valence-corrected chi connectivity index (χ3v) is 2.54. The van der Waals surface area contributed by atoms with Gasteiger partial charge >= 0.3 is 0 Å². The molecule has 0 radical (unpaired) electrons. The van der Waals surface area contributed by atoms with Crippen molar-refractivity contribution in [3.8, 4) is 0 Å². The number of benzene rings is 1. The first-order chi connectivity index (χ1) is 7.27. The van der Waals surface area contributed by atoms with Crippen LogP contribution < -0.4 is 0 Å². The Bertz CT molecular complexity index is 384. The van der Waals surface area contributed by atoms with E-state index in [-0.39, 0.29) is 5.91 Å². The van der Waals surface area contributed by atoms with Crippen LogP contribution in [-0.2, 0) is 4.79 Å². The average Bonchev–Trinajstić information content (AvgIpc) is 2.43. The van der Waals surface area contributed by atoms with E-state index in [1.807, 2.05) is 30.3 Å². The Kier molecular flexibility index (Phi) is 2.81.